The van der Waals surface area contributed by atoms with Crippen molar-refractivity contribution in [2.75, 3.05) is 0 Å². The first kappa shape index (κ1) is 15.1. The predicted octanol–water partition coefficient (Wildman–Crippen LogP) is 3.65. The second-order valence-corrected chi connectivity index (χ2v) is 6.54. The van der Waals surface area contributed by atoms with Crippen molar-refractivity contribution in [1.82, 2.24) is 9.55 Å². The van der Waals surface area contributed by atoms with Crippen LogP contribution in [0, 0.1) is 11.3 Å². The summed E-state index contributed by atoms with van der Waals surface area (Å²) in [6.07, 6.45) is 6.65. The van der Waals surface area contributed by atoms with Crippen LogP contribution in [0.4, 0.5) is 0 Å². The highest BCUT2D eigenvalue weighted by atomic mass is 32.2. The minimum atomic E-state index is 0.0426. The van der Waals surface area contributed by atoms with Gasteiger partial charge in [0.25, 0.3) is 0 Å². The van der Waals surface area contributed by atoms with E-state index in [1.807, 2.05) is 24.3 Å². The molecule has 1 aliphatic rings. The Hall–Kier alpha value is -1.77. The molecule has 0 radical (unpaired) electrons. The Balaban J connectivity index is 1.74. The molecule has 0 aliphatic heterocycles. The van der Waals surface area contributed by atoms with Crippen LogP contribution < -0.4 is 0 Å². The zero-order valence-corrected chi connectivity index (χ0v) is 13.2. The van der Waals surface area contributed by atoms with E-state index in [1.165, 1.54) is 31.2 Å². The van der Waals surface area contributed by atoms with E-state index in [0.29, 0.717) is 11.6 Å². The van der Waals surface area contributed by atoms with Crippen molar-refractivity contribution in [3.8, 4) is 6.07 Å². The fraction of sp³-hybridized carbons (Fsp3) is 0.412. The van der Waals surface area contributed by atoms with Gasteiger partial charge >= 0.3 is 0 Å². The SMILES string of the molecule is N#Cc1ccc(CSc2ncc(CO)n2C2CCCC2)cc1. The molecular formula is C17H19N3OS. The average molecular weight is 313 g/mol. The lowest BCUT2D eigenvalue weighted by atomic mass is 10.2. The number of thioether (sulfide) groups is 1. The minimum absolute atomic E-state index is 0.0426. The highest BCUT2D eigenvalue weighted by molar-refractivity contribution is 7.98. The normalized spacial score (nSPS) is 15.1. The molecule has 4 nitrogen and oxygen atoms in total. The molecule has 0 bridgehead atoms. The van der Waals surface area contributed by atoms with Gasteiger partial charge in [0, 0.05) is 11.8 Å². The third-order valence-corrected chi connectivity index (χ3v) is 5.18. The maximum absolute atomic E-state index is 9.53. The number of aromatic nitrogens is 2. The van der Waals surface area contributed by atoms with Gasteiger partial charge in [-0.15, -0.1) is 0 Å². The van der Waals surface area contributed by atoms with E-state index < -0.39 is 0 Å². The monoisotopic (exact) mass is 313 g/mol. The smallest absolute Gasteiger partial charge is 0.168 e. The van der Waals surface area contributed by atoms with E-state index >= 15 is 0 Å². The first-order chi connectivity index (χ1) is 10.8. The quantitative estimate of drug-likeness (QED) is 0.856. The maximum Gasteiger partial charge on any atom is 0.168 e. The number of hydrogen-bond acceptors (Lipinski definition) is 4. The number of rotatable bonds is 5. The molecule has 1 saturated carbocycles. The van der Waals surface area contributed by atoms with E-state index in [0.717, 1.165) is 16.6 Å². The van der Waals surface area contributed by atoms with Gasteiger partial charge in [-0.05, 0) is 30.5 Å². The highest BCUT2D eigenvalue weighted by Crippen LogP contribution is 2.35. The second kappa shape index (κ2) is 6.99. The number of hydrogen-bond donors (Lipinski definition) is 1. The molecule has 2 aromatic rings. The summed E-state index contributed by atoms with van der Waals surface area (Å²) in [5, 5.41) is 19.4. The van der Waals surface area contributed by atoms with E-state index in [9.17, 15) is 5.11 Å². The van der Waals surface area contributed by atoms with Crippen LogP contribution in [0.15, 0.2) is 35.6 Å². The molecule has 5 heteroatoms. The van der Waals surface area contributed by atoms with Gasteiger partial charge in [0.15, 0.2) is 5.16 Å². The molecule has 0 saturated heterocycles. The lowest BCUT2D eigenvalue weighted by Gasteiger charge is -2.17. The van der Waals surface area contributed by atoms with E-state index in [4.69, 9.17) is 5.26 Å². The lowest BCUT2D eigenvalue weighted by molar-refractivity contribution is 0.263. The number of imidazole rings is 1. The Morgan fingerprint density at radius 1 is 1.27 bits per heavy atom. The van der Waals surface area contributed by atoms with Crippen LogP contribution in [0.2, 0.25) is 0 Å². The molecule has 0 atom stereocenters. The zero-order chi connectivity index (χ0) is 15.4. The predicted molar refractivity (Wildman–Crippen MR) is 86.4 cm³/mol. The van der Waals surface area contributed by atoms with Crippen molar-refractivity contribution >= 4 is 11.8 Å². The molecule has 3 rings (SSSR count). The van der Waals surface area contributed by atoms with Gasteiger partial charge in [-0.2, -0.15) is 5.26 Å². The molecule has 0 spiro atoms. The van der Waals surface area contributed by atoms with Crippen LogP contribution in [-0.4, -0.2) is 14.7 Å². The summed E-state index contributed by atoms with van der Waals surface area (Å²) < 4.78 is 2.22. The van der Waals surface area contributed by atoms with Crippen LogP contribution in [-0.2, 0) is 12.4 Å². The molecule has 1 aromatic heterocycles. The fourth-order valence-electron chi connectivity index (χ4n) is 2.98. The summed E-state index contributed by atoms with van der Waals surface area (Å²) in [6, 6.07) is 10.3. The van der Waals surface area contributed by atoms with Crippen molar-refractivity contribution in [1.29, 1.82) is 5.26 Å². The second-order valence-electron chi connectivity index (χ2n) is 5.60. The standard InChI is InChI=1S/C17H19N3OS/c18-9-13-5-7-14(8-6-13)12-22-17-19-10-16(11-21)20(17)15-3-1-2-4-15/h5-8,10,15,21H,1-4,11-12H2. The summed E-state index contributed by atoms with van der Waals surface area (Å²) in [5.74, 6) is 0.820. The lowest BCUT2D eigenvalue weighted by Crippen LogP contribution is -2.10. The Bertz CT molecular complexity index is 666. The highest BCUT2D eigenvalue weighted by Gasteiger charge is 2.22. The van der Waals surface area contributed by atoms with Crippen LogP contribution in [0.25, 0.3) is 0 Å². The first-order valence-corrected chi connectivity index (χ1v) is 8.59. The summed E-state index contributed by atoms with van der Waals surface area (Å²) >= 11 is 1.69. The summed E-state index contributed by atoms with van der Waals surface area (Å²) in [6.45, 7) is 0.0426. The Morgan fingerprint density at radius 2 is 2.00 bits per heavy atom. The van der Waals surface area contributed by atoms with Crippen LogP contribution >= 0.6 is 11.8 Å². The molecule has 22 heavy (non-hydrogen) atoms. The van der Waals surface area contributed by atoms with E-state index in [2.05, 4.69) is 15.6 Å². The molecule has 1 aromatic carbocycles. The molecule has 1 fully saturated rings. The maximum atomic E-state index is 9.53. The van der Waals surface area contributed by atoms with Crippen molar-refractivity contribution in [3.63, 3.8) is 0 Å². The van der Waals surface area contributed by atoms with Gasteiger partial charge in [0.2, 0.25) is 0 Å². The molecule has 1 aliphatic carbocycles. The van der Waals surface area contributed by atoms with Crippen molar-refractivity contribution in [2.24, 2.45) is 0 Å². The van der Waals surface area contributed by atoms with Gasteiger partial charge in [0.1, 0.15) is 0 Å². The summed E-state index contributed by atoms with van der Waals surface area (Å²) in [7, 11) is 0. The van der Waals surface area contributed by atoms with Gasteiger partial charge in [0.05, 0.1) is 30.1 Å². The summed E-state index contributed by atoms with van der Waals surface area (Å²) in [5.41, 5.74) is 2.77. The fourth-order valence-corrected chi connectivity index (χ4v) is 4.00. The Labute approximate surface area is 134 Å². The van der Waals surface area contributed by atoms with Gasteiger partial charge in [-0.3, -0.25) is 0 Å². The number of nitrogens with zero attached hydrogens (tertiary/aromatic N) is 3. The van der Waals surface area contributed by atoms with Crippen molar-refractivity contribution in [2.45, 2.75) is 49.2 Å². The number of aliphatic hydroxyl groups is 1. The topological polar surface area (TPSA) is 61.8 Å². The zero-order valence-electron chi connectivity index (χ0n) is 12.4. The van der Waals surface area contributed by atoms with Gasteiger partial charge < -0.3 is 9.67 Å². The van der Waals surface area contributed by atoms with Crippen molar-refractivity contribution in [3.05, 3.63) is 47.3 Å². The Morgan fingerprint density at radius 3 is 2.64 bits per heavy atom. The average Bonchev–Trinajstić information content (AvgIpc) is 3.22. The summed E-state index contributed by atoms with van der Waals surface area (Å²) in [4.78, 5) is 4.49. The molecule has 0 unspecified atom stereocenters. The third kappa shape index (κ3) is 3.18. The molecule has 1 N–H and O–H groups in total. The van der Waals surface area contributed by atoms with E-state index in [-0.39, 0.29) is 6.61 Å². The third-order valence-electron chi connectivity index (χ3n) is 4.14. The number of benzene rings is 1. The molecule has 114 valence electrons. The number of nitriles is 1. The molecule has 1 heterocycles. The van der Waals surface area contributed by atoms with Crippen LogP contribution in [0.5, 0.6) is 0 Å². The Kier molecular flexibility index (Phi) is 4.81. The molecular weight excluding hydrogens is 294 g/mol. The first-order valence-electron chi connectivity index (χ1n) is 7.60. The van der Waals surface area contributed by atoms with Gasteiger partial charge in [-0.1, -0.05) is 36.7 Å². The van der Waals surface area contributed by atoms with Gasteiger partial charge in [-0.25, -0.2) is 4.98 Å². The molecule has 0 amide bonds. The van der Waals surface area contributed by atoms with Crippen LogP contribution in [0.1, 0.15) is 48.5 Å². The van der Waals surface area contributed by atoms with Crippen LogP contribution in [0.3, 0.4) is 0 Å². The van der Waals surface area contributed by atoms with Crippen molar-refractivity contribution < 1.29 is 5.11 Å². The largest absolute Gasteiger partial charge is 0.390 e. The number of aliphatic hydroxyl groups excluding tert-OH is 1. The minimum Gasteiger partial charge on any atom is -0.390 e. The van der Waals surface area contributed by atoms with E-state index in [1.54, 1.807) is 18.0 Å².